The second kappa shape index (κ2) is 7.39. The molecule has 1 N–H and O–H groups in total. The fourth-order valence-corrected chi connectivity index (χ4v) is 3.76. The molecule has 1 saturated carbocycles. The lowest BCUT2D eigenvalue weighted by atomic mass is 9.86. The number of hydrogen-bond acceptors (Lipinski definition) is 2. The summed E-state index contributed by atoms with van der Waals surface area (Å²) in [6.45, 7) is 4.61. The predicted octanol–water partition coefficient (Wildman–Crippen LogP) is 4.20. The summed E-state index contributed by atoms with van der Waals surface area (Å²) in [6.07, 6.45) is 4.64. The van der Waals surface area contributed by atoms with Gasteiger partial charge in [0.2, 0.25) is 0 Å². The first-order valence-electron chi connectivity index (χ1n) is 8.64. The van der Waals surface area contributed by atoms with Crippen LogP contribution in [0.3, 0.4) is 0 Å². The fraction of sp³-hybridized carbons (Fsp3) is 0.474. The van der Waals surface area contributed by atoms with E-state index < -0.39 is 0 Å². The van der Waals surface area contributed by atoms with E-state index >= 15 is 0 Å². The number of benzene rings is 1. The van der Waals surface area contributed by atoms with E-state index in [1.54, 1.807) is 4.68 Å². The summed E-state index contributed by atoms with van der Waals surface area (Å²) in [5.41, 5.74) is 2.29. The summed E-state index contributed by atoms with van der Waals surface area (Å²) in [7, 11) is 0. The number of halogens is 1. The second-order valence-electron chi connectivity index (χ2n) is 6.74. The summed E-state index contributed by atoms with van der Waals surface area (Å²) >= 11 is 6.47. The summed E-state index contributed by atoms with van der Waals surface area (Å²) < 4.78 is 1.70. The second-order valence-corrected chi connectivity index (χ2v) is 7.09. The molecule has 128 valence electrons. The Morgan fingerprint density at radius 1 is 1.29 bits per heavy atom. The molecule has 1 aliphatic carbocycles. The molecule has 1 aliphatic rings. The minimum Gasteiger partial charge on any atom is -0.349 e. The maximum Gasteiger partial charge on any atom is 0.256 e. The predicted molar refractivity (Wildman–Crippen MR) is 96.4 cm³/mol. The van der Waals surface area contributed by atoms with Gasteiger partial charge in [0.25, 0.3) is 5.91 Å². The Morgan fingerprint density at radius 2 is 2.00 bits per heavy atom. The lowest BCUT2D eigenvalue weighted by molar-refractivity contribution is 0.0909. The first-order chi connectivity index (χ1) is 11.6. The van der Waals surface area contributed by atoms with Crippen molar-refractivity contribution < 1.29 is 4.79 Å². The smallest absolute Gasteiger partial charge is 0.256 e. The lowest BCUT2D eigenvalue weighted by Crippen LogP contribution is -2.41. The lowest BCUT2D eigenvalue weighted by Gasteiger charge is -2.29. The molecule has 24 heavy (non-hydrogen) atoms. The Hall–Kier alpha value is -1.81. The third-order valence-electron chi connectivity index (χ3n) is 4.90. The molecule has 0 radical (unpaired) electrons. The minimum atomic E-state index is -0.101. The van der Waals surface area contributed by atoms with Gasteiger partial charge in [-0.15, -0.1) is 0 Å². The molecule has 1 aromatic carbocycles. The average Bonchev–Trinajstić information content (AvgIpc) is 2.84. The van der Waals surface area contributed by atoms with Crippen LogP contribution < -0.4 is 5.32 Å². The molecule has 5 heteroatoms. The van der Waals surface area contributed by atoms with Gasteiger partial charge >= 0.3 is 0 Å². The van der Waals surface area contributed by atoms with Crippen LogP contribution in [0.1, 0.15) is 54.2 Å². The van der Waals surface area contributed by atoms with Crippen LogP contribution in [0.2, 0.25) is 5.15 Å². The molecule has 2 aromatic rings. The van der Waals surface area contributed by atoms with E-state index in [9.17, 15) is 4.79 Å². The molecule has 0 saturated heterocycles. The summed E-state index contributed by atoms with van der Waals surface area (Å²) in [5.74, 6) is 0.414. The highest BCUT2D eigenvalue weighted by atomic mass is 35.5. The van der Waals surface area contributed by atoms with E-state index in [1.165, 1.54) is 19.3 Å². The Labute approximate surface area is 148 Å². The van der Waals surface area contributed by atoms with Gasteiger partial charge in [-0.05, 0) is 31.2 Å². The molecule has 2 unspecified atom stereocenters. The molecule has 4 nitrogen and oxygen atoms in total. The van der Waals surface area contributed by atoms with Crippen LogP contribution in [0.4, 0.5) is 0 Å². The van der Waals surface area contributed by atoms with Crippen LogP contribution in [0, 0.1) is 12.8 Å². The van der Waals surface area contributed by atoms with Crippen molar-refractivity contribution in [3.63, 3.8) is 0 Å². The van der Waals surface area contributed by atoms with Crippen LogP contribution in [0.15, 0.2) is 30.3 Å². The monoisotopic (exact) mass is 345 g/mol. The molecule has 1 fully saturated rings. The van der Waals surface area contributed by atoms with Gasteiger partial charge in [-0.2, -0.15) is 5.10 Å². The topological polar surface area (TPSA) is 46.9 Å². The normalized spacial score (nSPS) is 20.8. The number of carbonyl (C=O) groups is 1. The molecule has 2 atom stereocenters. The van der Waals surface area contributed by atoms with Gasteiger partial charge in [-0.25, -0.2) is 4.68 Å². The third kappa shape index (κ3) is 3.64. The standard InChI is InChI=1S/C19H24ClN3O/c1-13-8-6-7-11-16(13)21-19(24)17-14(2)22-23(18(17)20)12-15-9-4-3-5-10-15/h3-5,9-10,13,16H,6-8,11-12H2,1-2H3,(H,21,24). The number of aryl methyl sites for hydroxylation is 1. The van der Waals surface area contributed by atoms with E-state index in [0.29, 0.717) is 28.9 Å². The van der Waals surface area contributed by atoms with Crippen molar-refractivity contribution in [2.75, 3.05) is 0 Å². The van der Waals surface area contributed by atoms with E-state index in [4.69, 9.17) is 11.6 Å². The molecule has 0 aliphatic heterocycles. The van der Waals surface area contributed by atoms with Crippen molar-refractivity contribution in [3.8, 4) is 0 Å². The molecular formula is C19H24ClN3O. The zero-order valence-electron chi connectivity index (χ0n) is 14.3. The summed E-state index contributed by atoms with van der Waals surface area (Å²) in [5, 5.41) is 8.04. The van der Waals surface area contributed by atoms with Crippen molar-refractivity contribution in [3.05, 3.63) is 52.3 Å². The first-order valence-corrected chi connectivity index (χ1v) is 9.01. The molecular weight excluding hydrogens is 322 g/mol. The van der Waals surface area contributed by atoms with Gasteiger partial charge < -0.3 is 5.32 Å². The van der Waals surface area contributed by atoms with Crippen molar-refractivity contribution in [1.29, 1.82) is 0 Å². The summed E-state index contributed by atoms with van der Waals surface area (Å²) in [4.78, 5) is 12.7. The van der Waals surface area contributed by atoms with Crippen LogP contribution in [0.25, 0.3) is 0 Å². The zero-order chi connectivity index (χ0) is 17.1. The number of carbonyl (C=O) groups excluding carboxylic acids is 1. The summed E-state index contributed by atoms with van der Waals surface area (Å²) in [6, 6.07) is 10.2. The maximum absolute atomic E-state index is 12.7. The highest BCUT2D eigenvalue weighted by Crippen LogP contribution is 2.26. The molecule has 1 amide bonds. The van der Waals surface area contributed by atoms with Crippen molar-refractivity contribution in [1.82, 2.24) is 15.1 Å². The van der Waals surface area contributed by atoms with Crippen LogP contribution >= 0.6 is 11.6 Å². The van der Waals surface area contributed by atoms with E-state index in [-0.39, 0.29) is 11.9 Å². The zero-order valence-corrected chi connectivity index (χ0v) is 15.0. The maximum atomic E-state index is 12.7. The van der Waals surface area contributed by atoms with E-state index in [0.717, 1.165) is 12.0 Å². The van der Waals surface area contributed by atoms with Crippen molar-refractivity contribution in [2.45, 2.75) is 52.1 Å². The molecule has 0 spiro atoms. The van der Waals surface area contributed by atoms with Gasteiger partial charge in [0.15, 0.2) is 0 Å². The van der Waals surface area contributed by atoms with Gasteiger partial charge in [-0.3, -0.25) is 4.79 Å². The fourth-order valence-electron chi connectivity index (χ4n) is 3.44. The Bertz CT molecular complexity index is 711. The SMILES string of the molecule is Cc1nn(Cc2ccccc2)c(Cl)c1C(=O)NC1CCCCC1C. The van der Waals surface area contributed by atoms with Gasteiger partial charge in [0, 0.05) is 6.04 Å². The molecule has 1 aromatic heterocycles. The van der Waals surface area contributed by atoms with E-state index in [1.807, 2.05) is 37.3 Å². The Kier molecular flexibility index (Phi) is 5.24. The van der Waals surface area contributed by atoms with Crippen molar-refractivity contribution in [2.24, 2.45) is 5.92 Å². The minimum absolute atomic E-state index is 0.101. The highest BCUT2D eigenvalue weighted by Gasteiger charge is 2.26. The quantitative estimate of drug-likeness (QED) is 0.902. The van der Waals surface area contributed by atoms with Crippen LogP contribution in [-0.2, 0) is 6.54 Å². The number of aromatic nitrogens is 2. The number of nitrogens with one attached hydrogen (secondary N) is 1. The van der Waals surface area contributed by atoms with Gasteiger partial charge in [0.05, 0.1) is 17.8 Å². The average molecular weight is 346 g/mol. The highest BCUT2D eigenvalue weighted by molar-refractivity contribution is 6.33. The number of nitrogens with zero attached hydrogens (tertiary/aromatic N) is 2. The number of hydrogen-bond donors (Lipinski definition) is 1. The van der Waals surface area contributed by atoms with Gasteiger partial charge in [0.1, 0.15) is 5.15 Å². The largest absolute Gasteiger partial charge is 0.349 e. The van der Waals surface area contributed by atoms with E-state index in [2.05, 4.69) is 17.3 Å². The van der Waals surface area contributed by atoms with Crippen LogP contribution in [-0.4, -0.2) is 21.7 Å². The van der Waals surface area contributed by atoms with Crippen LogP contribution in [0.5, 0.6) is 0 Å². The number of amides is 1. The Balaban J connectivity index is 1.77. The third-order valence-corrected chi connectivity index (χ3v) is 5.28. The number of rotatable bonds is 4. The first kappa shape index (κ1) is 17.0. The molecule has 0 bridgehead atoms. The molecule has 3 rings (SSSR count). The van der Waals surface area contributed by atoms with Gasteiger partial charge in [-0.1, -0.05) is 61.7 Å². The Morgan fingerprint density at radius 3 is 2.71 bits per heavy atom. The molecule has 1 heterocycles. The van der Waals surface area contributed by atoms with Crippen molar-refractivity contribution >= 4 is 17.5 Å².